The smallest absolute Gasteiger partial charge is 0.273 e. The molecule has 0 bridgehead atoms. The lowest BCUT2D eigenvalue weighted by Crippen LogP contribution is -2.24. The van der Waals surface area contributed by atoms with Gasteiger partial charge in [0.25, 0.3) is 5.91 Å². The highest BCUT2D eigenvalue weighted by Gasteiger charge is 2.28. The summed E-state index contributed by atoms with van der Waals surface area (Å²) in [6, 6.07) is 16.8. The van der Waals surface area contributed by atoms with Gasteiger partial charge in [-0.2, -0.15) is 0 Å². The van der Waals surface area contributed by atoms with Crippen molar-refractivity contribution in [1.82, 2.24) is 14.9 Å². The van der Waals surface area contributed by atoms with Gasteiger partial charge in [-0.25, -0.2) is 4.39 Å². The Balaban J connectivity index is 1.41. The maximum atomic E-state index is 14.8. The molecule has 0 saturated carbocycles. The Labute approximate surface area is 161 Å². The number of aromatic nitrogens is 2. The molecule has 136 valence electrons. The van der Waals surface area contributed by atoms with Gasteiger partial charge >= 0.3 is 0 Å². The predicted octanol–water partition coefficient (Wildman–Crippen LogP) is 4.59. The van der Waals surface area contributed by atoms with Crippen LogP contribution in [0.3, 0.4) is 0 Å². The van der Waals surface area contributed by atoms with Crippen LogP contribution in [-0.2, 0) is 13.1 Å². The Morgan fingerprint density at radius 3 is 2.68 bits per heavy atom. The minimum absolute atomic E-state index is 0.151. The lowest BCUT2D eigenvalue weighted by molar-refractivity contribution is 0.0761. The van der Waals surface area contributed by atoms with Gasteiger partial charge in [0.15, 0.2) is 0 Å². The van der Waals surface area contributed by atoms with Gasteiger partial charge in [0.2, 0.25) is 0 Å². The molecule has 4 nitrogen and oxygen atoms in total. The molecule has 0 radical (unpaired) electrons. The van der Waals surface area contributed by atoms with Gasteiger partial charge in [-0.3, -0.25) is 14.8 Å². The highest BCUT2D eigenvalue weighted by atomic mass is 19.1. The predicted molar refractivity (Wildman–Crippen MR) is 105 cm³/mol. The SMILES string of the molecule is O=C1c2ncccc2CN1Cc1ccc(-c2ccc3cnccc3c2)cc1F. The van der Waals surface area contributed by atoms with Crippen molar-refractivity contribution in [3.05, 3.63) is 95.8 Å². The van der Waals surface area contributed by atoms with Gasteiger partial charge in [0, 0.05) is 48.2 Å². The summed E-state index contributed by atoms with van der Waals surface area (Å²) in [6.45, 7) is 0.687. The quantitative estimate of drug-likeness (QED) is 0.531. The average molecular weight is 369 g/mol. The minimum atomic E-state index is -0.316. The summed E-state index contributed by atoms with van der Waals surface area (Å²) in [7, 11) is 0. The summed E-state index contributed by atoms with van der Waals surface area (Å²) in [5.74, 6) is -0.466. The molecule has 0 fully saturated rings. The summed E-state index contributed by atoms with van der Waals surface area (Å²) in [5, 5.41) is 2.11. The number of benzene rings is 2. The Morgan fingerprint density at radius 1 is 0.964 bits per heavy atom. The maximum Gasteiger partial charge on any atom is 0.273 e. The molecule has 0 saturated heterocycles. The first kappa shape index (κ1) is 16.6. The normalized spacial score (nSPS) is 13.2. The van der Waals surface area contributed by atoms with Gasteiger partial charge < -0.3 is 4.90 Å². The van der Waals surface area contributed by atoms with Gasteiger partial charge in [0.05, 0.1) is 0 Å². The third kappa shape index (κ3) is 2.81. The lowest BCUT2D eigenvalue weighted by atomic mass is 10.0. The summed E-state index contributed by atoms with van der Waals surface area (Å²) < 4.78 is 14.8. The molecule has 0 spiro atoms. The number of hydrogen-bond donors (Lipinski definition) is 0. The summed E-state index contributed by atoms with van der Waals surface area (Å²) in [4.78, 5) is 22.3. The molecule has 0 N–H and O–H groups in total. The van der Waals surface area contributed by atoms with Crippen LogP contribution in [0.4, 0.5) is 4.39 Å². The van der Waals surface area contributed by atoms with Crippen molar-refractivity contribution in [2.75, 3.05) is 0 Å². The maximum absolute atomic E-state index is 14.8. The van der Waals surface area contributed by atoms with Gasteiger partial charge in [-0.15, -0.1) is 0 Å². The van der Waals surface area contributed by atoms with E-state index in [1.807, 2.05) is 48.7 Å². The van der Waals surface area contributed by atoms with Crippen LogP contribution < -0.4 is 0 Å². The van der Waals surface area contributed by atoms with E-state index >= 15 is 0 Å². The van der Waals surface area contributed by atoms with Gasteiger partial charge in [0.1, 0.15) is 11.5 Å². The van der Waals surface area contributed by atoms with E-state index < -0.39 is 0 Å². The second kappa shape index (κ2) is 6.53. The standard InChI is InChI=1S/C23H16FN3O/c24-21-11-16(15-3-5-18-12-25-9-7-17(18)10-15)4-6-19(21)13-27-14-20-2-1-8-26-22(20)23(27)28/h1-12H,13-14H2. The molecule has 4 aromatic rings. The van der Waals surface area contributed by atoms with Crippen LogP contribution in [0.25, 0.3) is 21.9 Å². The third-order valence-corrected chi connectivity index (χ3v) is 5.13. The van der Waals surface area contributed by atoms with Gasteiger partial charge in [-0.05, 0) is 40.8 Å². The number of carbonyl (C=O) groups is 1. The molecule has 3 heterocycles. The van der Waals surface area contributed by atoms with Crippen LogP contribution >= 0.6 is 0 Å². The molecular weight excluding hydrogens is 353 g/mol. The molecular formula is C23H16FN3O. The van der Waals surface area contributed by atoms with E-state index in [0.717, 1.165) is 27.5 Å². The first-order chi connectivity index (χ1) is 13.7. The number of halogens is 1. The molecule has 5 heteroatoms. The minimum Gasteiger partial charge on any atom is -0.328 e. The number of rotatable bonds is 3. The van der Waals surface area contributed by atoms with E-state index in [2.05, 4.69) is 9.97 Å². The summed E-state index contributed by atoms with van der Waals surface area (Å²) in [6.07, 6.45) is 5.16. The Kier molecular flexibility index (Phi) is 3.86. The molecule has 28 heavy (non-hydrogen) atoms. The largest absolute Gasteiger partial charge is 0.328 e. The molecule has 0 atom stereocenters. The van der Waals surface area contributed by atoms with E-state index in [4.69, 9.17) is 0 Å². The van der Waals surface area contributed by atoms with Crippen molar-refractivity contribution in [3.63, 3.8) is 0 Å². The zero-order chi connectivity index (χ0) is 19.1. The van der Waals surface area contributed by atoms with Crippen molar-refractivity contribution in [1.29, 1.82) is 0 Å². The van der Waals surface area contributed by atoms with E-state index in [1.165, 1.54) is 6.07 Å². The molecule has 1 aliphatic heterocycles. The molecule has 1 amide bonds. The molecule has 0 unspecified atom stereocenters. The number of pyridine rings is 2. The van der Waals surface area contributed by atoms with Gasteiger partial charge in [-0.1, -0.05) is 30.3 Å². The molecule has 2 aromatic heterocycles. The number of carbonyl (C=O) groups excluding carboxylic acids is 1. The van der Waals surface area contributed by atoms with Crippen molar-refractivity contribution in [3.8, 4) is 11.1 Å². The van der Waals surface area contributed by atoms with Crippen molar-refractivity contribution >= 4 is 16.7 Å². The summed E-state index contributed by atoms with van der Waals surface area (Å²) >= 11 is 0. The molecule has 2 aromatic carbocycles. The fourth-order valence-corrected chi connectivity index (χ4v) is 3.64. The van der Waals surface area contributed by atoms with E-state index in [-0.39, 0.29) is 18.3 Å². The molecule has 0 aliphatic carbocycles. The number of nitrogens with zero attached hydrogens (tertiary/aromatic N) is 3. The third-order valence-electron chi connectivity index (χ3n) is 5.13. The van der Waals surface area contributed by atoms with Crippen molar-refractivity contribution < 1.29 is 9.18 Å². The monoisotopic (exact) mass is 369 g/mol. The van der Waals surface area contributed by atoms with Crippen LogP contribution in [0, 0.1) is 5.82 Å². The zero-order valence-electron chi connectivity index (χ0n) is 15.0. The van der Waals surface area contributed by atoms with Crippen LogP contribution in [0.15, 0.2) is 73.2 Å². The van der Waals surface area contributed by atoms with Crippen molar-refractivity contribution in [2.45, 2.75) is 13.1 Å². The fraction of sp³-hybridized carbons (Fsp3) is 0.0870. The molecule has 1 aliphatic rings. The first-order valence-corrected chi connectivity index (χ1v) is 9.05. The van der Waals surface area contributed by atoms with Crippen molar-refractivity contribution in [2.24, 2.45) is 0 Å². The fourth-order valence-electron chi connectivity index (χ4n) is 3.64. The topological polar surface area (TPSA) is 46.1 Å². The number of hydrogen-bond acceptors (Lipinski definition) is 3. The highest BCUT2D eigenvalue weighted by molar-refractivity contribution is 5.96. The number of fused-ring (bicyclic) bond motifs is 2. The Hall–Kier alpha value is -3.60. The summed E-state index contributed by atoms with van der Waals surface area (Å²) in [5.41, 5.74) is 3.59. The Bertz CT molecular complexity index is 1220. The van der Waals surface area contributed by atoms with E-state index in [9.17, 15) is 9.18 Å². The van der Waals surface area contributed by atoms with Crippen LogP contribution in [-0.4, -0.2) is 20.8 Å². The highest BCUT2D eigenvalue weighted by Crippen LogP contribution is 2.28. The molecule has 5 rings (SSSR count). The van der Waals surface area contributed by atoms with Crippen LogP contribution in [0.5, 0.6) is 0 Å². The lowest BCUT2D eigenvalue weighted by Gasteiger charge is -2.16. The first-order valence-electron chi connectivity index (χ1n) is 9.05. The van der Waals surface area contributed by atoms with E-state index in [0.29, 0.717) is 17.8 Å². The van der Waals surface area contributed by atoms with E-state index in [1.54, 1.807) is 23.4 Å². The zero-order valence-corrected chi connectivity index (χ0v) is 15.0. The Morgan fingerprint density at radius 2 is 1.82 bits per heavy atom. The number of amides is 1. The van der Waals surface area contributed by atoms with Crippen LogP contribution in [0.2, 0.25) is 0 Å². The van der Waals surface area contributed by atoms with Crippen LogP contribution in [0.1, 0.15) is 21.6 Å². The second-order valence-corrected chi connectivity index (χ2v) is 6.92. The second-order valence-electron chi connectivity index (χ2n) is 6.92. The average Bonchev–Trinajstić information content (AvgIpc) is 3.05.